The van der Waals surface area contributed by atoms with Crippen LogP contribution < -0.4 is 10.5 Å². The third-order valence-corrected chi connectivity index (χ3v) is 2.89. The van der Waals surface area contributed by atoms with Gasteiger partial charge in [-0.05, 0) is 30.5 Å². The summed E-state index contributed by atoms with van der Waals surface area (Å²) in [5.41, 5.74) is 8.17. The fraction of sp³-hybridized carbons (Fsp3) is 0.500. The summed E-state index contributed by atoms with van der Waals surface area (Å²) >= 11 is 3.50. The highest BCUT2D eigenvalue weighted by atomic mass is 79.9. The second-order valence-corrected chi connectivity index (χ2v) is 4.98. The van der Waals surface area contributed by atoms with E-state index in [4.69, 9.17) is 10.5 Å². The molecule has 0 bridgehead atoms. The van der Waals surface area contributed by atoms with Crippen molar-refractivity contribution >= 4 is 15.9 Å². The summed E-state index contributed by atoms with van der Waals surface area (Å²) in [6.45, 7) is 6.26. The quantitative estimate of drug-likeness (QED) is 0.912. The lowest BCUT2D eigenvalue weighted by atomic mass is 9.96. The SMILES string of the molecule is COc1c(C(C)C)cc(Br)cc1C(C)N. The number of rotatable bonds is 3. The van der Waals surface area contributed by atoms with Crippen LogP contribution in [0.3, 0.4) is 0 Å². The lowest BCUT2D eigenvalue weighted by Gasteiger charge is -2.18. The molecule has 1 rings (SSSR count). The Labute approximate surface area is 99.9 Å². The summed E-state index contributed by atoms with van der Waals surface area (Å²) in [5, 5.41) is 0. The Bertz CT molecular complexity index is 318. The van der Waals surface area contributed by atoms with Gasteiger partial charge in [-0.15, -0.1) is 0 Å². The zero-order valence-electron chi connectivity index (χ0n) is 9.67. The second-order valence-electron chi connectivity index (χ2n) is 4.06. The number of halogens is 1. The maximum absolute atomic E-state index is 5.93. The fourth-order valence-electron chi connectivity index (χ4n) is 1.64. The van der Waals surface area contributed by atoms with Gasteiger partial charge in [0.1, 0.15) is 5.75 Å². The van der Waals surface area contributed by atoms with Crippen molar-refractivity contribution in [2.24, 2.45) is 5.73 Å². The van der Waals surface area contributed by atoms with Crippen LogP contribution in [0, 0.1) is 0 Å². The highest BCUT2D eigenvalue weighted by molar-refractivity contribution is 9.10. The van der Waals surface area contributed by atoms with E-state index in [1.807, 2.05) is 13.0 Å². The van der Waals surface area contributed by atoms with Gasteiger partial charge in [-0.2, -0.15) is 0 Å². The molecular weight excluding hydrogens is 254 g/mol. The minimum Gasteiger partial charge on any atom is -0.496 e. The maximum Gasteiger partial charge on any atom is 0.127 e. The van der Waals surface area contributed by atoms with Gasteiger partial charge in [0.15, 0.2) is 0 Å². The largest absolute Gasteiger partial charge is 0.496 e. The van der Waals surface area contributed by atoms with E-state index < -0.39 is 0 Å². The van der Waals surface area contributed by atoms with E-state index in [-0.39, 0.29) is 6.04 Å². The van der Waals surface area contributed by atoms with Gasteiger partial charge in [0.25, 0.3) is 0 Å². The van der Waals surface area contributed by atoms with Gasteiger partial charge in [0.2, 0.25) is 0 Å². The number of ether oxygens (including phenoxy) is 1. The predicted octanol–water partition coefficient (Wildman–Crippen LogP) is 3.60. The van der Waals surface area contributed by atoms with Crippen LogP contribution in [0.2, 0.25) is 0 Å². The third kappa shape index (κ3) is 2.73. The van der Waals surface area contributed by atoms with Gasteiger partial charge in [-0.1, -0.05) is 29.8 Å². The molecule has 0 aliphatic carbocycles. The zero-order valence-corrected chi connectivity index (χ0v) is 11.3. The van der Waals surface area contributed by atoms with E-state index in [9.17, 15) is 0 Å². The molecule has 0 heterocycles. The summed E-state index contributed by atoms with van der Waals surface area (Å²) in [5.74, 6) is 1.35. The summed E-state index contributed by atoms with van der Waals surface area (Å²) in [6.07, 6.45) is 0. The molecule has 0 fully saturated rings. The molecule has 0 aromatic heterocycles. The van der Waals surface area contributed by atoms with Crippen LogP contribution >= 0.6 is 15.9 Å². The van der Waals surface area contributed by atoms with Crippen LogP contribution in [0.15, 0.2) is 16.6 Å². The topological polar surface area (TPSA) is 35.2 Å². The zero-order chi connectivity index (χ0) is 11.6. The molecule has 0 saturated carbocycles. The van der Waals surface area contributed by atoms with Gasteiger partial charge < -0.3 is 10.5 Å². The minimum atomic E-state index is -0.0186. The molecule has 1 atom stereocenters. The first kappa shape index (κ1) is 12.5. The van der Waals surface area contributed by atoms with Crippen molar-refractivity contribution in [1.29, 1.82) is 0 Å². The Morgan fingerprint density at radius 2 is 1.73 bits per heavy atom. The summed E-state index contributed by atoms with van der Waals surface area (Å²) in [7, 11) is 1.70. The smallest absolute Gasteiger partial charge is 0.127 e. The predicted molar refractivity (Wildman–Crippen MR) is 67.4 cm³/mol. The van der Waals surface area contributed by atoms with Crippen LogP contribution in [-0.2, 0) is 0 Å². The number of methoxy groups -OCH3 is 1. The van der Waals surface area contributed by atoms with Crippen molar-refractivity contribution in [1.82, 2.24) is 0 Å². The molecule has 0 spiro atoms. The average molecular weight is 272 g/mol. The number of hydrogen-bond donors (Lipinski definition) is 1. The summed E-state index contributed by atoms with van der Waals surface area (Å²) in [6, 6.07) is 4.10. The highest BCUT2D eigenvalue weighted by Gasteiger charge is 2.15. The lowest BCUT2D eigenvalue weighted by molar-refractivity contribution is 0.399. The van der Waals surface area contributed by atoms with Crippen molar-refractivity contribution in [2.45, 2.75) is 32.7 Å². The Kier molecular flexibility index (Phi) is 4.17. The van der Waals surface area contributed by atoms with Crippen molar-refractivity contribution in [2.75, 3.05) is 7.11 Å². The van der Waals surface area contributed by atoms with Crippen molar-refractivity contribution in [3.63, 3.8) is 0 Å². The first-order valence-electron chi connectivity index (χ1n) is 5.10. The number of hydrogen-bond acceptors (Lipinski definition) is 2. The number of benzene rings is 1. The molecule has 0 aliphatic rings. The molecular formula is C12H18BrNO. The monoisotopic (exact) mass is 271 g/mol. The fourth-order valence-corrected chi connectivity index (χ4v) is 2.13. The van der Waals surface area contributed by atoms with E-state index in [1.165, 1.54) is 5.56 Å². The highest BCUT2D eigenvalue weighted by Crippen LogP contribution is 2.35. The minimum absolute atomic E-state index is 0.0186. The van der Waals surface area contributed by atoms with E-state index in [0.717, 1.165) is 15.8 Å². The molecule has 1 unspecified atom stereocenters. The summed E-state index contributed by atoms with van der Waals surface area (Å²) < 4.78 is 6.51. The molecule has 1 aromatic rings. The Hall–Kier alpha value is -0.540. The lowest BCUT2D eigenvalue weighted by Crippen LogP contribution is -2.09. The maximum atomic E-state index is 5.93. The first-order chi connectivity index (χ1) is 6.97. The Morgan fingerprint density at radius 1 is 1.20 bits per heavy atom. The van der Waals surface area contributed by atoms with Gasteiger partial charge >= 0.3 is 0 Å². The molecule has 2 N–H and O–H groups in total. The van der Waals surface area contributed by atoms with Gasteiger partial charge in [-0.25, -0.2) is 0 Å². The van der Waals surface area contributed by atoms with Crippen molar-refractivity contribution in [3.8, 4) is 5.75 Å². The average Bonchev–Trinajstić information content (AvgIpc) is 2.16. The van der Waals surface area contributed by atoms with E-state index in [0.29, 0.717) is 5.92 Å². The Balaban J connectivity index is 3.38. The molecule has 84 valence electrons. The van der Waals surface area contributed by atoms with Gasteiger partial charge in [-0.3, -0.25) is 0 Å². The normalized spacial score (nSPS) is 13.0. The van der Waals surface area contributed by atoms with E-state index >= 15 is 0 Å². The molecule has 0 saturated heterocycles. The Morgan fingerprint density at radius 3 is 2.13 bits per heavy atom. The number of nitrogens with two attached hydrogens (primary N) is 1. The van der Waals surface area contributed by atoms with Crippen LogP contribution in [0.4, 0.5) is 0 Å². The summed E-state index contributed by atoms with van der Waals surface area (Å²) in [4.78, 5) is 0. The van der Waals surface area contributed by atoms with Gasteiger partial charge in [0, 0.05) is 16.1 Å². The standard InChI is InChI=1S/C12H18BrNO/c1-7(2)10-5-9(13)6-11(8(3)14)12(10)15-4/h5-8H,14H2,1-4H3. The van der Waals surface area contributed by atoms with E-state index in [2.05, 4.69) is 35.8 Å². The van der Waals surface area contributed by atoms with Crippen molar-refractivity contribution < 1.29 is 4.74 Å². The van der Waals surface area contributed by atoms with Crippen molar-refractivity contribution in [3.05, 3.63) is 27.7 Å². The van der Waals surface area contributed by atoms with Gasteiger partial charge in [0.05, 0.1) is 7.11 Å². The molecule has 2 nitrogen and oxygen atoms in total. The second kappa shape index (κ2) is 4.99. The molecule has 15 heavy (non-hydrogen) atoms. The van der Waals surface area contributed by atoms with Crippen LogP contribution in [0.25, 0.3) is 0 Å². The third-order valence-electron chi connectivity index (χ3n) is 2.43. The van der Waals surface area contributed by atoms with Crippen LogP contribution in [-0.4, -0.2) is 7.11 Å². The molecule has 1 aromatic carbocycles. The molecule has 3 heteroatoms. The van der Waals surface area contributed by atoms with Crippen LogP contribution in [0.1, 0.15) is 43.9 Å². The molecule has 0 amide bonds. The first-order valence-corrected chi connectivity index (χ1v) is 5.89. The van der Waals surface area contributed by atoms with E-state index in [1.54, 1.807) is 7.11 Å². The molecule has 0 aliphatic heterocycles. The van der Waals surface area contributed by atoms with Crippen LogP contribution in [0.5, 0.6) is 5.75 Å². The molecule has 0 radical (unpaired) electrons.